The highest BCUT2D eigenvalue weighted by Crippen LogP contribution is 2.30. The maximum absolute atomic E-state index is 12.4. The molecule has 1 N–H and O–H groups in total. The lowest BCUT2D eigenvalue weighted by Crippen LogP contribution is -2.09. The van der Waals surface area contributed by atoms with Gasteiger partial charge in [-0.3, -0.25) is 0 Å². The van der Waals surface area contributed by atoms with Crippen molar-refractivity contribution in [2.24, 2.45) is 0 Å². The fourth-order valence-corrected chi connectivity index (χ4v) is 2.20. The molecule has 0 unspecified atom stereocenters. The Morgan fingerprint density at radius 1 is 1.03 bits per heavy atom. The molecule has 29 heavy (non-hydrogen) atoms. The summed E-state index contributed by atoms with van der Waals surface area (Å²) in [6.07, 6.45) is -5.36. The van der Waals surface area contributed by atoms with Crippen LogP contribution in [0.15, 0.2) is 42.7 Å². The molecule has 1 aromatic carbocycles. The number of aromatic nitrogens is 4. The highest BCUT2D eigenvalue weighted by atomic mass is 19.4. The van der Waals surface area contributed by atoms with Gasteiger partial charge in [-0.25, -0.2) is 14.6 Å². The molecule has 156 valence electrons. The number of aromatic hydroxyl groups is 1. The fraction of sp³-hybridized carbons (Fsp3) is 0.278. The minimum atomic E-state index is -4.45. The number of phenols is 1. The number of alkyl halides is 6. The topological polar surface area (TPSA) is 63.8 Å². The molecule has 0 amide bonds. The van der Waals surface area contributed by atoms with Crippen molar-refractivity contribution in [3.8, 4) is 11.7 Å². The predicted molar refractivity (Wildman–Crippen MR) is 91.4 cm³/mol. The summed E-state index contributed by atoms with van der Waals surface area (Å²) in [6.45, 7) is 3.77. The number of aryl methyl sites for hydroxylation is 2. The van der Waals surface area contributed by atoms with Gasteiger partial charge in [0.25, 0.3) is 5.95 Å². The number of hydrogen-bond acceptors (Lipinski definition) is 4. The summed E-state index contributed by atoms with van der Waals surface area (Å²) in [7, 11) is 0. The van der Waals surface area contributed by atoms with Crippen LogP contribution in [0.4, 0.5) is 26.3 Å². The van der Waals surface area contributed by atoms with Crippen LogP contribution in [0, 0.1) is 6.92 Å². The molecule has 0 fully saturated rings. The first-order valence-corrected chi connectivity index (χ1v) is 8.23. The van der Waals surface area contributed by atoms with Gasteiger partial charge in [-0.1, -0.05) is 13.0 Å². The van der Waals surface area contributed by atoms with Gasteiger partial charge in [-0.05, 0) is 43.2 Å². The van der Waals surface area contributed by atoms with Gasteiger partial charge in [0.15, 0.2) is 5.69 Å². The molecule has 11 heteroatoms. The molecular formula is C18H16F6N4O. The van der Waals surface area contributed by atoms with Crippen LogP contribution in [-0.2, 0) is 18.8 Å². The van der Waals surface area contributed by atoms with E-state index in [0.717, 1.165) is 34.1 Å². The second-order valence-corrected chi connectivity index (χ2v) is 5.84. The van der Waals surface area contributed by atoms with Crippen molar-refractivity contribution in [1.29, 1.82) is 0 Å². The molecule has 3 rings (SSSR count). The number of halogens is 6. The molecule has 2 aromatic heterocycles. The molecule has 2 heterocycles. The molecule has 0 aliphatic carbocycles. The van der Waals surface area contributed by atoms with Crippen molar-refractivity contribution >= 4 is 0 Å². The fourth-order valence-electron chi connectivity index (χ4n) is 2.20. The number of phenolic OH excluding ortho intramolecular Hbond substituents is 1. The standard InChI is InChI=1S/C11H11F3N4.C7H5F3O/c1-3-8-7(2)6-15-10(16-8)18-5-4-9(17-18)11(12,13)14;8-7(9,10)5-2-1-3-6(11)4-5/h4-6H,3H2,1-2H3;1-4,11H. The Morgan fingerprint density at radius 2 is 1.72 bits per heavy atom. The van der Waals surface area contributed by atoms with Crippen molar-refractivity contribution < 1.29 is 31.4 Å². The molecule has 0 saturated carbocycles. The van der Waals surface area contributed by atoms with Crippen LogP contribution < -0.4 is 0 Å². The zero-order chi connectivity index (χ0) is 21.8. The predicted octanol–water partition coefficient (Wildman–Crippen LogP) is 4.96. The minimum Gasteiger partial charge on any atom is -0.508 e. The first kappa shape index (κ1) is 22.2. The second kappa shape index (κ2) is 8.50. The summed E-state index contributed by atoms with van der Waals surface area (Å²) < 4.78 is 73.8. The van der Waals surface area contributed by atoms with E-state index >= 15 is 0 Å². The van der Waals surface area contributed by atoms with E-state index in [-0.39, 0.29) is 11.7 Å². The van der Waals surface area contributed by atoms with Gasteiger partial charge < -0.3 is 5.11 Å². The minimum absolute atomic E-state index is 0.146. The largest absolute Gasteiger partial charge is 0.508 e. The van der Waals surface area contributed by atoms with Crippen LogP contribution in [0.3, 0.4) is 0 Å². The van der Waals surface area contributed by atoms with Crippen molar-refractivity contribution in [1.82, 2.24) is 19.7 Å². The molecule has 0 saturated heterocycles. The molecule has 0 spiro atoms. The number of rotatable bonds is 2. The van der Waals surface area contributed by atoms with Crippen LogP contribution in [0.1, 0.15) is 29.4 Å². The Labute approximate surface area is 161 Å². The van der Waals surface area contributed by atoms with Gasteiger partial charge in [0, 0.05) is 18.1 Å². The Balaban J connectivity index is 0.000000234. The van der Waals surface area contributed by atoms with E-state index in [4.69, 9.17) is 5.11 Å². The van der Waals surface area contributed by atoms with E-state index in [0.29, 0.717) is 12.5 Å². The quantitative estimate of drug-likeness (QED) is 0.598. The third-order valence-electron chi connectivity index (χ3n) is 3.66. The number of nitrogens with zero attached hydrogens (tertiary/aromatic N) is 4. The molecule has 0 atom stereocenters. The van der Waals surface area contributed by atoms with Gasteiger partial charge in [0.05, 0.1) is 5.56 Å². The van der Waals surface area contributed by atoms with Crippen molar-refractivity contribution in [2.45, 2.75) is 32.6 Å². The van der Waals surface area contributed by atoms with Crippen LogP contribution >= 0.6 is 0 Å². The van der Waals surface area contributed by atoms with Crippen molar-refractivity contribution in [3.63, 3.8) is 0 Å². The maximum atomic E-state index is 12.4. The summed E-state index contributed by atoms with van der Waals surface area (Å²) in [5.74, 6) is -0.229. The Kier molecular flexibility index (Phi) is 6.50. The summed E-state index contributed by atoms with van der Waals surface area (Å²) in [5.41, 5.74) is -0.0873. The first-order valence-electron chi connectivity index (χ1n) is 8.23. The summed E-state index contributed by atoms with van der Waals surface area (Å²) in [6, 6.07) is 4.82. The van der Waals surface area contributed by atoms with Crippen molar-refractivity contribution in [2.75, 3.05) is 0 Å². The zero-order valence-electron chi connectivity index (χ0n) is 15.3. The lowest BCUT2D eigenvalue weighted by atomic mass is 10.2. The van der Waals surface area contributed by atoms with Crippen LogP contribution in [0.2, 0.25) is 0 Å². The molecular weight excluding hydrogens is 402 g/mol. The molecule has 3 aromatic rings. The van der Waals surface area contributed by atoms with E-state index in [1.807, 2.05) is 13.8 Å². The van der Waals surface area contributed by atoms with Crippen LogP contribution in [-0.4, -0.2) is 24.9 Å². The van der Waals surface area contributed by atoms with E-state index in [1.54, 1.807) is 6.20 Å². The Bertz CT molecular complexity index is 965. The summed E-state index contributed by atoms with van der Waals surface area (Å²) >= 11 is 0. The molecule has 0 radical (unpaired) electrons. The summed E-state index contributed by atoms with van der Waals surface area (Å²) in [4.78, 5) is 8.15. The smallest absolute Gasteiger partial charge is 0.435 e. The van der Waals surface area contributed by atoms with Gasteiger partial charge >= 0.3 is 12.4 Å². The normalized spacial score (nSPS) is 11.7. The Hall–Kier alpha value is -3.11. The van der Waals surface area contributed by atoms with Gasteiger partial charge in [-0.15, -0.1) is 0 Å². The van der Waals surface area contributed by atoms with E-state index in [2.05, 4.69) is 15.1 Å². The van der Waals surface area contributed by atoms with E-state index in [9.17, 15) is 26.3 Å². The lowest BCUT2D eigenvalue weighted by molar-refractivity contribution is -0.141. The maximum Gasteiger partial charge on any atom is 0.435 e. The van der Waals surface area contributed by atoms with Crippen LogP contribution in [0.25, 0.3) is 5.95 Å². The average molecular weight is 418 g/mol. The number of benzene rings is 1. The van der Waals surface area contributed by atoms with Gasteiger partial charge in [-0.2, -0.15) is 31.4 Å². The van der Waals surface area contributed by atoms with Crippen LogP contribution in [0.5, 0.6) is 5.75 Å². The highest BCUT2D eigenvalue weighted by Gasteiger charge is 2.34. The monoisotopic (exact) mass is 418 g/mol. The first-order chi connectivity index (χ1) is 13.4. The second-order valence-electron chi connectivity index (χ2n) is 5.84. The van der Waals surface area contributed by atoms with Gasteiger partial charge in [0.2, 0.25) is 0 Å². The number of hydrogen-bond donors (Lipinski definition) is 1. The van der Waals surface area contributed by atoms with E-state index in [1.165, 1.54) is 12.3 Å². The SMILES string of the molecule is CCc1nc(-n2ccc(C(F)(F)F)n2)ncc1C.Oc1cccc(C(F)(F)F)c1. The molecule has 0 bridgehead atoms. The molecule has 0 aliphatic heterocycles. The highest BCUT2D eigenvalue weighted by molar-refractivity contribution is 5.28. The third-order valence-corrected chi connectivity index (χ3v) is 3.66. The molecule has 5 nitrogen and oxygen atoms in total. The average Bonchev–Trinajstić information content (AvgIpc) is 3.12. The van der Waals surface area contributed by atoms with E-state index < -0.39 is 23.6 Å². The van der Waals surface area contributed by atoms with Crippen molar-refractivity contribution in [3.05, 3.63) is 65.2 Å². The van der Waals surface area contributed by atoms with Gasteiger partial charge in [0.1, 0.15) is 5.75 Å². The zero-order valence-corrected chi connectivity index (χ0v) is 15.3. The Morgan fingerprint density at radius 3 is 2.21 bits per heavy atom. The summed E-state index contributed by atoms with van der Waals surface area (Å²) in [5, 5.41) is 12.1. The lowest BCUT2D eigenvalue weighted by Gasteiger charge is -2.05. The molecule has 0 aliphatic rings. The third kappa shape index (κ3) is 5.93.